The number of amidine groups is 1. The average molecular weight is 475 g/mol. The third-order valence-corrected chi connectivity index (χ3v) is 7.24. The minimum atomic E-state index is -0.432. The molecule has 1 aromatic rings. The molecule has 0 aliphatic carbocycles. The van der Waals surface area contributed by atoms with Gasteiger partial charge in [-0.3, -0.25) is 4.79 Å². The first kappa shape index (κ1) is 22.9. The number of allylic oxidation sites excluding steroid dienone is 1. The molecule has 1 aromatic carbocycles. The van der Waals surface area contributed by atoms with Gasteiger partial charge >= 0.3 is 5.97 Å². The molecule has 0 N–H and O–H groups in total. The van der Waals surface area contributed by atoms with Gasteiger partial charge in [-0.2, -0.15) is 0 Å². The molecule has 0 aromatic heterocycles. The Labute approximate surface area is 197 Å². The van der Waals surface area contributed by atoms with Crippen molar-refractivity contribution in [2.45, 2.75) is 26.3 Å². The second-order valence-electron chi connectivity index (χ2n) is 7.93. The van der Waals surface area contributed by atoms with E-state index in [1.165, 1.54) is 18.9 Å². The van der Waals surface area contributed by atoms with Crippen molar-refractivity contribution in [2.24, 2.45) is 4.99 Å². The van der Waals surface area contributed by atoms with Crippen molar-refractivity contribution in [3.8, 4) is 0 Å². The molecule has 32 heavy (non-hydrogen) atoms. The van der Waals surface area contributed by atoms with Gasteiger partial charge < -0.3 is 19.4 Å². The van der Waals surface area contributed by atoms with Gasteiger partial charge in [-0.05, 0) is 36.6 Å². The van der Waals surface area contributed by atoms with Gasteiger partial charge in [0.1, 0.15) is 0 Å². The fraction of sp³-hybridized carbons (Fsp3) is 0.435. The molecular weight excluding hydrogens is 448 g/mol. The van der Waals surface area contributed by atoms with E-state index in [0.717, 1.165) is 49.2 Å². The highest BCUT2D eigenvalue weighted by atomic mass is 35.5. The van der Waals surface area contributed by atoms with E-state index in [9.17, 15) is 9.59 Å². The number of hydrogen-bond donors (Lipinski definition) is 0. The maximum absolute atomic E-state index is 13.1. The number of aliphatic imine (C=N–C) groups is 1. The molecule has 1 saturated heterocycles. The van der Waals surface area contributed by atoms with Crippen molar-refractivity contribution >= 4 is 40.4 Å². The molecule has 3 aliphatic rings. The van der Waals surface area contributed by atoms with E-state index in [0.29, 0.717) is 16.3 Å². The van der Waals surface area contributed by atoms with Crippen LogP contribution >= 0.6 is 23.4 Å². The van der Waals surface area contributed by atoms with Gasteiger partial charge in [0.05, 0.1) is 30.8 Å². The number of likely N-dealkylation sites (N-methyl/N-ethyl adjacent to an activating group) is 1. The number of thioether (sulfide) groups is 1. The van der Waals surface area contributed by atoms with Crippen LogP contribution in [0.3, 0.4) is 0 Å². The Hall–Kier alpha value is -2.29. The highest BCUT2D eigenvalue weighted by molar-refractivity contribution is 8.16. The summed E-state index contributed by atoms with van der Waals surface area (Å²) in [5.74, 6) is -0.335. The number of piperazine rings is 1. The van der Waals surface area contributed by atoms with E-state index in [1.807, 2.05) is 34.3 Å². The van der Waals surface area contributed by atoms with Crippen LogP contribution < -0.4 is 0 Å². The Kier molecular flexibility index (Phi) is 6.93. The maximum Gasteiger partial charge on any atom is 0.338 e. The summed E-state index contributed by atoms with van der Waals surface area (Å²) in [6.07, 6.45) is 0.260. The highest BCUT2D eigenvalue weighted by Gasteiger charge is 2.41. The number of carbonyl (C=O) groups is 2. The number of hydrogen-bond acceptors (Lipinski definition) is 7. The standard InChI is InChI=1S/C23H27ClN4O3S/c1-4-26-9-11-27(12-10-26)19(29)13-18-14-32-23-25-15(2)20(22(30)31-3)21(28(18)23)16-5-7-17(24)8-6-16/h5-8,14,21H,4,9-13H2,1-3H3. The minimum absolute atomic E-state index is 0.0922. The molecule has 0 bridgehead atoms. The molecule has 3 aliphatic heterocycles. The summed E-state index contributed by atoms with van der Waals surface area (Å²) in [6, 6.07) is 6.98. The van der Waals surface area contributed by atoms with Crippen LogP contribution in [0.25, 0.3) is 0 Å². The van der Waals surface area contributed by atoms with Gasteiger partial charge in [-0.25, -0.2) is 9.79 Å². The van der Waals surface area contributed by atoms with Crippen LogP contribution in [-0.2, 0) is 14.3 Å². The van der Waals surface area contributed by atoms with Crippen LogP contribution in [0.4, 0.5) is 0 Å². The first-order valence-electron chi connectivity index (χ1n) is 10.7. The molecule has 1 unspecified atom stereocenters. The van der Waals surface area contributed by atoms with E-state index in [2.05, 4.69) is 16.8 Å². The third-order valence-electron chi connectivity index (χ3n) is 6.10. The topological polar surface area (TPSA) is 65.4 Å². The monoisotopic (exact) mass is 474 g/mol. The lowest BCUT2D eigenvalue weighted by Gasteiger charge is -2.37. The number of nitrogens with zero attached hydrogens (tertiary/aromatic N) is 4. The zero-order valence-corrected chi connectivity index (χ0v) is 20.1. The SMILES string of the molecule is CCN1CCN(C(=O)CC2=CSC3=NC(C)=C(C(=O)OC)C(c4ccc(Cl)cc4)N23)CC1. The zero-order chi connectivity index (χ0) is 22.8. The van der Waals surface area contributed by atoms with Crippen LogP contribution in [0.1, 0.15) is 31.9 Å². The van der Waals surface area contributed by atoms with Crippen molar-refractivity contribution in [2.75, 3.05) is 39.8 Å². The first-order chi connectivity index (χ1) is 15.4. The predicted molar refractivity (Wildman–Crippen MR) is 127 cm³/mol. The number of carbonyl (C=O) groups excluding carboxylic acids is 2. The first-order valence-corrected chi connectivity index (χ1v) is 12.0. The van der Waals surface area contributed by atoms with E-state index in [1.54, 1.807) is 12.1 Å². The van der Waals surface area contributed by atoms with Gasteiger partial charge in [-0.15, -0.1) is 0 Å². The van der Waals surface area contributed by atoms with Crippen LogP contribution in [0, 0.1) is 0 Å². The normalized spacial score (nSPS) is 21.3. The van der Waals surface area contributed by atoms with Gasteiger partial charge in [0.15, 0.2) is 5.17 Å². The van der Waals surface area contributed by atoms with Crippen molar-refractivity contribution in [3.63, 3.8) is 0 Å². The summed E-state index contributed by atoms with van der Waals surface area (Å²) in [7, 11) is 1.37. The van der Waals surface area contributed by atoms with E-state index >= 15 is 0 Å². The largest absolute Gasteiger partial charge is 0.466 e. The maximum atomic E-state index is 13.1. The number of halogens is 1. The molecule has 1 amide bonds. The van der Waals surface area contributed by atoms with Gasteiger partial charge in [-0.1, -0.05) is 42.4 Å². The van der Waals surface area contributed by atoms with Crippen molar-refractivity contribution in [1.82, 2.24) is 14.7 Å². The fourth-order valence-electron chi connectivity index (χ4n) is 4.28. The van der Waals surface area contributed by atoms with E-state index in [-0.39, 0.29) is 12.3 Å². The minimum Gasteiger partial charge on any atom is -0.466 e. The number of amides is 1. The second kappa shape index (κ2) is 9.68. The number of ether oxygens (including phenoxy) is 1. The lowest BCUT2D eigenvalue weighted by Crippen LogP contribution is -2.49. The second-order valence-corrected chi connectivity index (χ2v) is 9.20. The Balaban J connectivity index is 1.62. The Morgan fingerprint density at radius 2 is 1.88 bits per heavy atom. The Morgan fingerprint density at radius 3 is 2.50 bits per heavy atom. The molecule has 3 heterocycles. The van der Waals surface area contributed by atoms with Crippen LogP contribution in [0.5, 0.6) is 0 Å². The number of fused-ring (bicyclic) bond motifs is 1. The predicted octanol–water partition coefficient (Wildman–Crippen LogP) is 3.64. The average Bonchev–Trinajstić information content (AvgIpc) is 3.20. The van der Waals surface area contributed by atoms with Crippen LogP contribution in [-0.4, -0.2) is 71.6 Å². The summed E-state index contributed by atoms with van der Waals surface area (Å²) < 4.78 is 5.09. The summed E-state index contributed by atoms with van der Waals surface area (Å²) in [6.45, 7) is 8.23. The molecule has 0 spiro atoms. The number of rotatable bonds is 5. The summed E-state index contributed by atoms with van der Waals surface area (Å²) in [5, 5.41) is 3.34. The number of benzene rings is 1. The fourth-order valence-corrected chi connectivity index (χ4v) is 5.37. The zero-order valence-electron chi connectivity index (χ0n) is 18.5. The molecule has 0 radical (unpaired) electrons. The number of esters is 1. The third kappa shape index (κ3) is 4.44. The van der Waals surface area contributed by atoms with Gasteiger partial charge in [0, 0.05) is 36.9 Å². The number of methoxy groups -OCH3 is 1. The molecule has 170 valence electrons. The molecule has 7 nitrogen and oxygen atoms in total. The lowest BCUT2D eigenvalue weighted by atomic mass is 9.94. The molecular formula is C23H27ClN4O3S. The lowest BCUT2D eigenvalue weighted by molar-refractivity contribution is -0.136. The Bertz CT molecular complexity index is 997. The van der Waals surface area contributed by atoms with Crippen molar-refractivity contribution in [3.05, 3.63) is 57.2 Å². The van der Waals surface area contributed by atoms with Crippen LogP contribution in [0.2, 0.25) is 5.02 Å². The van der Waals surface area contributed by atoms with Gasteiger partial charge in [0.2, 0.25) is 5.91 Å². The molecule has 1 fully saturated rings. The van der Waals surface area contributed by atoms with Crippen molar-refractivity contribution in [1.29, 1.82) is 0 Å². The molecule has 0 saturated carbocycles. The summed E-state index contributed by atoms with van der Waals surface area (Å²) >= 11 is 7.59. The van der Waals surface area contributed by atoms with Crippen molar-refractivity contribution < 1.29 is 14.3 Å². The molecule has 4 rings (SSSR count). The van der Waals surface area contributed by atoms with E-state index in [4.69, 9.17) is 16.3 Å². The Morgan fingerprint density at radius 1 is 1.19 bits per heavy atom. The highest BCUT2D eigenvalue weighted by Crippen LogP contribution is 2.45. The van der Waals surface area contributed by atoms with Gasteiger partial charge in [0.25, 0.3) is 0 Å². The van der Waals surface area contributed by atoms with E-state index < -0.39 is 12.0 Å². The quantitative estimate of drug-likeness (QED) is 0.607. The molecule has 1 atom stereocenters. The van der Waals surface area contributed by atoms with Crippen LogP contribution in [0.15, 0.2) is 51.6 Å². The summed E-state index contributed by atoms with van der Waals surface area (Å²) in [4.78, 5) is 36.8. The smallest absolute Gasteiger partial charge is 0.338 e. The summed E-state index contributed by atoms with van der Waals surface area (Å²) in [5.41, 5.74) is 2.81. The molecule has 9 heteroatoms.